The molecule has 0 radical (unpaired) electrons. The van der Waals surface area contributed by atoms with Gasteiger partial charge >= 0.3 is 17.8 Å². The summed E-state index contributed by atoms with van der Waals surface area (Å²) in [5.74, 6) is -0.121. The third-order valence-electron chi connectivity index (χ3n) is 5.12. The molecule has 1 heterocycles. The molecule has 0 atom stereocenters. The van der Waals surface area contributed by atoms with E-state index in [1.165, 1.54) is 6.07 Å². The summed E-state index contributed by atoms with van der Waals surface area (Å²) in [5, 5.41) is 24.6. The molecule has 38 heavy (non-hydrogen) atoms. The quantitative estimate of drug-likeness (QED) is 0.141. The second-order valence-corrected chi connectivity index (χ2v) is 7.93. The number of primary amides is 1. The SMILES string of the molecule is CCOC(=O)Nc1cc(NC(c2ccccc2)c2ccccc2)c([N+](=O)[O-])c(NC/C(C)=N/NC(N)=O)n1. The van der Waals surface area contributed by atoms with Gasteiger partial charge in [-0.25, -0.2) is 20.0 Å². The average molecular weight is 521 g/mol. The van der Waals surface area contributed by atoms with Crippen molar-refractivity contribution in [2.45, 2.75) is 19.9 Å². The lowest BCUT2D eigenvalue weighted by Crippen LogP contribution is -2.27. The maximum atomic E-state index is 12.3. The van der Waals surface area contributed by atoms with Gasteiger partial charge in [-0.05, 0) is 25.0 Å². The number of nitro groups is 1. The van der Waals surface area contributed by atoms with Crippen LogP contribution in [0, 0.1) is 10.1 Å². The molecule has 0 aliphatic rings. The molecule has 2 aromatic carbocycles. The van der Waals surface area contributed by atoms with Gasteiger partial charge in [-0.2, -0.15) is 5.10 Å². The van der Waals surface area contributed by atoms with E-state index in [0.717, 1.165) is 11.1 Å². The van der Waals surface area contributed by atoms with E-state index < -0.39 is 23.1 Å². The van der Waals surface area contributed by atoms with Crippen molar-refractivity contribution < 1.29 is 19.2 Å². The van der Waals surface area contributed by atoms with E-state index in [9.17, 15) is 19.7 Å². The van der Waals surface area contributed by atoms with Crippen LogP contribution in [0.3, 0.4) is 0 Å². The van der Waals surface area contributed by atoms with Gasteiger partial charge in [0.2, 0.25) is 5.82 Å². The molecule has 3 amide bonds. The van der Waals surface area contributed by atoms with E-state index in [1.54, 1.807) is 13.8 Å². The van der Waals surface area contributed by atoms with Gasteiger partial charge < -0.3 is 21.1 Å². The highest BCUT2D eigenvalue weighted by atomic mass is 16.6. The molecule has 198 valence electrons. The maximum Gasteiger partial charge on any atom is 0.412 e. The molecule has 0 saturated carbocycles. The molecule has 13 heteroatoms. The fourth-order valence-corrected chi connectivity index (χ4v) is 3.50. The molecule has 0 aliphatic heterocycles. The van der Waals surface area contributed by atoms with E-state index in [1.807, 2.05) is 60.7 Å². The number of anilines is 3. The van der Waals surface area contributed by atoms with Crippen molar-refractivity contribution in [2.75, 3.05) is 29.1 Å². The van der Waals surface area contributed by atoms with E-state index in [2.05, 4.69) is 31.5 Å². The number of hydrogen-bond donors (Lipinski definition) is 5. The average Bonchev–Trinajstić information content (AvgIpc) is 2.90. The van der Waals surface area contributed by atoms with Crippen LogP contribution in [0.15, 0.2) is 71.8 Å². The van der Waals surface area contributed by atoms with Crippen molar-refractivity contribution in [3.05, 3.63) is 88.0 Å². The number of amides is 3. The molecule has 0 bridgehead atoms. The van der Waals surface area contributed by atoms with Crippen LogP contribution in [-0.4, -0.2) is 40.9 Å². The number of benzene rings is 2. The van der Waals surface area contributed by atoms with E-state index in [4.69, 9.17) is 10.5 Å². The molecule has 0 saturated heterocycles. The monoisotopic (exact) mass is 520 g/mol. The molecule has 6 N–H and O–H groups in total. The minimum atomic E-state index is -0.853. The first-order valence-corrected chi connectivity index (χ1v) is 11.6. The van der Waals surface area contributed by atoms with Crippen molar-refractivity contribution >= 4 is 40.8 Å². The highest BCUT2D eigenvalue weighted by Gasteiger charge is 2.27. The number of hydrazone groups is 1. The number of nitrogens with one attached hydrogen (secondary N) is 4. The zero-order chi connectivity index (χ0) is 27.5. The number of carbonyl (C=O) groups is 2. The Hall–Kier alpha value is -5.20. The van der Waals surface area contributed by atoms with E-state index in [0.29, 0.717) is 5.71 Å². The third kappa shape index (κ3) is 7.65. The largest absolute Gasteiger partial charge is 0.450 e. The van der Waals surface area contributed by atoms with Crippen LogP contribution in [0.2, 0.25) is 0 Å². The van der Waals surface area contributed by atoms with Gasteiger partial charge in [0.25, 0.3) is 0 Å². The lowest BCUT2D eigenvalue weighted by atomic mass is 9.98. The van der Waals surface area contributed by atoms with Crippen molar-refractivity contribution in [2.24, 2.45) is 10.8 Å². The van der Waals surface area contributed by atoms with Crippen molar-refractivity contribution in [1.29, 1.82) is 0 Å². The van der Waals surface area contributed by atoms with E-state index >= 15 is 0 Å². The van der Waals surface area contributed by atoms with Gasteiger partial charge in [-0.1, -0.05) is 60.7 Å². The first-order chi connectivity index (χ1) is 18.3. The molecular formula is C25H28N8O5. The lowest BCUT2D eigenvalue weighted by molar-refractivity contribution is -0.383. The summed E-state index contributed by atoms with van der Waals surface area (Å²) in [6.45, 7) is 3.34. The number of nitrogens with zero attached hydrogens (tertiary/aromatic N) is 3. The predicted octanol–water partition coefficient (Wildman–Crippen LogP) is 4.22. The zero-order valence-electron chi connectivity index (χ0n) is 20.8. The summed E-state index contributed by atoms with van der Waals surface area (Å²) in [6, 6.07) is 18.9. The number of rotatable bonds is 11. The van der Waals surface area contributed by atoms with Gasteiger partial charge in [0.05, 0.1) is 29.8 Å². The third-order valence-corrected chi connectivity index (χ3v) is 5.12. The number of hydrogen-bond acceptors (Lipinski definition) is 9. The topological polar surface area (TPSA) is 186 Å². The highest BCUT2D eigenvalue weighted by Crippen LogP contribution is 2.37. The molecule has 3 aromatic rings. The molecule has 1 aromatic heterocycles. The summed E-state index contributed by atoms with van der Waals surface area (Å²) >= 11 is 0. The van der Waals surface area contributed by atoms with Crippen LogP contribution in [-0.2, 0) is 4.74 Å². The second kappa shape index (κ2) is 13.2. The maximum absolute atomic E-state index is 12.3. The number of aromatic nitrogens is 1. The van der Waals surface area contributed by atoms with Gasteiger partial charge in [0, 0.05) is 6.07 Å². The van der Waals surface area contributed by atoms with Gasteiger partial charge in [-0.3, -0.25) is 15.4 Å². The standard InChI is InChI=1S/C25H28N8O5/c1-3-38-25(35)30-20-14-19(22(33(36)37)23(29-20)27-15-16(2)31-32-24(26)34)28-21(17-10-6-4-7-11-17)18-12-8-5-9-13-18/h4-14,21H,3,15H2,1-2H3,(H3,26,32,34)(H3,27,28,29,30,35)/b31-16+. The molecule has 3 rings (SSSR count). The Bertz CT molecular complexity index is 1260. The van der Waals surface area contributed by atoms with Gasteiger partial charge in [0.1, 0.15) is 11.5 Å². The lowest BCUT2D eigenvalue weighted by Gasteiger charge is -2.22. The van der Waals surface area contributed by atoms with Gasteiger partial charge in [-0.15, -0.1) is 0 Å². The molecule has 13 nitrogen and oxygen atoms in total. The second-order valence-electron chi connectivity index (χ2n) is 7.93. The Labute approximate surface area is 218 Å². The summed E-state index contributed by atoms with van der Waals surface area (Å²) in [4.78, 5) is 39.0. The number of pyridine rings is 1. The number of carbonyl (C=O) groups excluding carboxylic acids is 2. The smallest absolute Gasteiger partial charge is 0.412 e. The number of nitrogens with two attached hydrogens (primary N) is 1. The van der Waals surface area contributed by atoms with E-state index in [-0.39, 0.29) is 36.2 Å². The van der Waals surface area contributed by atoms with Crippen LogP contribution in [0.4, 0.5) is 32.6 Å². The Morgan fingerprint density at radius 2 is 1.71 bits per heavy atom. The van der Waals surface area contributed by atoms with Crippen molar-refractivity contribution in [1.82, 2.24) is 10.4 Å². The predicted molar refractivity (Wildman–Crippen MR) is 144 cm³/mol. The summed E-state index contributed by atoms with van der Waals surface area (Å²) in [5.41, 5.74) is 8.95. The first-order valence-electron chi connectivity index (χ1n) is 11.6. The molecule has 0 aliphatic carbocycles. The normalized spacial score (nSPS) is 11.0. The van der Waals surface area contributed by atoms with Crippen LogP contribution in [0.25, 0.3) is 0 Å². The molecule has 0 unspecified atom stereocenters. The fourth-order valence-electron chi connectivity index (χ4n) is 3.50. The fraction of sp³-hybridized carbons (Fsp3) is 0.200. The van der Waals surface area contributed by atoms with Crippen molar-refractivity contribution in [3.63, 3.8) is 0 Å². The van der Waals surface area contributed by atoms with Crippen LogP contribution >= 0.6 is 0 Å². The van der Waals surface area contributed by atoms with Crippen LogP contribution < -0.4 is 27.1 Å². The molecule has 0 fully saturated rings. The molecule has 0 spiro atoms. The first kappa shape index (κ1) is 27.4. The minimum absolute atomic E-state index is 0.0166. The number of urea groups is 1. The Morgan fingerprint density at radius 1 is 1.11 bits per heavy atom. The molecular weight excluding hydrogens is 492 g/mol. The summed E-state index contributed by atoms with van der Waals surface area (Å²) < 4.78 is 4.94. The zero-order valence-corrected chi connectivity index (χ0v) is 20.8. The number of ether oxygens (including phenoxy) is 1. The summed E-state index contributed by atoms with van der Waals surface area (Å²) in [6.07, 6.45) is -0.767. The minimum Gasteiger partial charge on any atom is -0.450 e. The van der Waals surface area contributed by atoms with Crippen molar-refractivity contribution in [3.8, 4) is 0 Å². The van der Waals surface area contributed by atoms with Gasteiger partial charge in [0.15, 0.2) is 0 Å². The Kier molecular flexibility index (Phi) is 9.52. The van der Waals surface area contributed by atoms with Crippen LogP contribution in [0.5, 0.6) is 0 Å². The van der Waals surface area contributed by atoms with Crippen LogP contribution in [0.1, 0.15) is 31.0 Å². The summed E-state index contributed by atoms with van der Waals surface area (Å²) in [7, 11) is 0. The Morgan fingerprint density at radius 3 is 2.24 bits per heavy atom. The highest BCUT2D eigenvalue weighted by molar-refractivity contribution is 5.90. The Balaban J connectivity index is 2.08.